The van der Waals surface area contributed by atoms with E-state index < -0.39 is 47.5 Å². The minimum absolute atomic E-state index is 0. The molecule has 0 spiro atoms. The summed E-state index contributed by atoms with van der Waals surface area (Å²) in [5.41, 5.74) is 5.45. The monoisotopic (exact) mass is 703 g/mol. The van der Waals surface area contributed by atoms with Crippen LogP contribution in [0.1, 0.15) is 66.2 Å². The van der Waals surface area contributed by atoms with Crippen LogP contribution < -0.4 is 21.7 Å². The number of hydrogen-bond acceptors (Lipinski definition) is 12. The third-order valence-corrected chi connectivity index (χ3v) is 7.00. The molecule has 19 heteroatoms. The Morgan fingerprint density at radius 1 is 0.783 bits per heavy atom. The van der Waals surface area contributed by atoms with Gasteiger partial charge in [0.2, 0.25) is 30.2 Å². The number of nitrogens with two attached hydrogens (primary N) is 1. The van der Waals surface area contributed by atoms with Crippen LogP contribution >= 0.6 is 0 Å². The average Bonchev–Trinajstić information content (AvgIpc) is 2.97. The third-order valence-electron chi connectivity index (χ3n) is 7.00. The number of amides is 5. The molecule has 0 aliphatic heterocycles. The predicted molar refractivity (Wildman–Crippen MR) is 159 cm³/mol. The number of hydrogen-bond donors (Lipinski definition) is 7. The third kappa shape index (κ3) is 20.1. The summed E-state index contributed by atoms with van der Waals surface area (Å²) >= 11 is 0. The van der Waals surface area contributed by atoms with Crippen molar-refractivity contribution < 1.29 is 66.2 Å². The van der Waals surface area contributed by atoms with Crippen molar-refractivity contribution in [2.45, 2.75) is 78.3 Å². The average molecular weight is 704 g/mol. The molecular formula is C27H51FeN8O10+. The number of nitroso groups, excluding NO2 is 1. The summed E-state index contributed by atoms with van der Waals surface area (Å²) in [5, 5.41) is 39.2. The van der Waals surface area contributed by atoms with E-state index >= 15 is 0 Å². The van der Waals surface area contributed by atoms with Gasteiger partial charge in [-0.25, -0.2) is 15.2 Å². The first-order valence-electron chi connectivity index (χ1n) is 15.0. The van der Waals surface area contributed by atoms with E-state index in [0.717, 1.165) is 13.8 Å². The van der Waals surface area contributed by atoms with Crippen LogP contribution in [-0.4, -0.2) is 135 Å². The van der Waals surface area contributed by atoms with E-state index in [1.54, 1.807) is 6.92 Å². The Bertz CT molecular complexity index is 1010. The fourth-order valence-corrected chi connectivity index (χ4v) is 4.08. The molecule has 266 valence electrons. The van der Waals surface area contributed by atoms with Crippen molar-refractivity contribution >= 4 is 35.3 Å². The molecule has 0 saturated heterocycles. The first-order valence-corrected chi connectivity index (χ1v) is 15.0. The Morgan fingerprint density at radius 2 is 1.30 bits per heavy atom. The molecule has 0 heterocycles. The summed E-state index contributed by atoms with van der Waals surface area (Å²) in [4.78, 5) is 83.6. The SMILES string of the molecule is CCC(=O)CNCC[N+](=O)[C@@H](CCN(O)C(C)=O)C(=O)N[C@@H](CCN(O)C(C)=O)CNCCC[C@@H](CCN(O)C(C)=O)C(N)=O.[Fe]. The molecule has 8 N–H and O–H groups in total. The van der Waals surface area contributed by atoms with Crippen molar-refractivity contribution in [2.24, 2.45) is 11.7 Å². The Balaban J connectivity index is 0. The molecule has 0 aliphatic rings. The number of Topliss-reactive ketones (excluding diaryl/α,β-unsaturated/α-hetero) is 1. The summed E-state index contributed by atoms with van der Waals surface area (Å²) in [7, 11) is 0. The second kappa shape index (κ2) is 25.1. The molecule has 0 saturated carbocycles. The summed E-state index contributed by atoms with van der Waals surface area (Å²) in [6, 6.07) is -1.99. The summed E-state index contributed by atoms with van der Waals surface area (Å²) < 4.78 is 0.495. The molecule has 0 aromatic heterocycles. The smallest absolute Gasteiger partial charge is 0.293 e. The molecule has 3 atom stereocenters. The van der Waals surface area contributed by atoms with Crippen molar-refractivity contribution in [3.63, 3.8) is 0 Å². The molecule has 46 heavy (non-hydrogen) atoms. The quantitative estimate of drug-likeness (QED) is 0.0189. The maximum atomic E-state index is 13.3. The fraction of sp³-hybridized carbons (Fsp3) is 0.778. The van der Waals surface area contributed by atoms with Gasteiger partial charge >= 0.3 is 0 Å². The maximum absolute atomic E-state index is 13.3. The molecule has 0 aromatic rings. The second-order valence-corrected chi connectivity index (χ2v) is 10.7. The van der Waals surface area contributed by atoms with E-state index in [-0.39, 0.29) is 87.9 Å². The Kier molecular flexibility index (Phi) is 24.6. The van der Waals surface area contributed by atoms with Gasteiger partial charge in [0.05, 0.1) is 26.2 Å². The van der Waals surface area contributed by atoms with Crippen molar-refractivity contribution in [3.8, 4) is 0 Å². The number of hydroxylamine groups is 6. The van der Waals surface area contributed by atoms with E-state index in [2.05, 4.69) is 16.0 Å². The van der Waals surface area contributed by atoms with Gasteiger partial charge in [0.15, 0.2) is 0 Å². The zero-order valence-electron chi connectivity index (χ0n) is 27.1. The van der Waals surface area contributed by atoms with Crippen LogP contribution in [0.2, 0.25) is 0 Å². The number of ketones is 1. The number of nitrogens with one attached hydrogen (secondary N) is 3. The standard InChI is InChI=1S/C27H50N8O10.Fe/c1-5-24(39)18-30-12-16-35(45)25(10-15-34(44)21(4)38)27(41)31-23(9-14-33(43)20(3)37)17-29-11-6-7-22(26(28)40)8-13-32(42)19(2)36;/h22-23,25,29-30,42-44H,5-18H2,1-4H3,(H2-,28,31,40,41);/p+1/t22-,23-,25-;/m0./s1. The first-order chi connectivity index (χ1) is 21.1. The minimum atomic E-state index is -1.32. The molecular weight excluding hydrogens is 652 g/mol. The number of primary amides is 1. The molecule has 5 amide bonds. The number of carbonyl (C=O) groups is 6. The van der Waals surface area contributed by atoms with E-state index in [4.69, 9.17) is 5.73 Å². The number of carbonyl (C=O) groups excluding carboxylic acids is 6. The number of nitrogens with zero attached hydrogens (tertiary/aromatic N) is 4. The van der Waals surface area contributed by atoms with Gasteiger partial charge in [-0.1, -0.05) is 6.92 Å². The van der Waals surface area contributed by atoms with Crippen LogP contribution in [0.3, 0.4) is 0 Å². The van der Waals surface area contributed by atoms with E-state index in [9.17, 15) is 49.3 Å². The largest absolute Gasteiger partial charge is 0.369 e. The maximum Gasteiger partial charge on any atom is 0.293 e. The molecule has 0 unspecified atom stereocenters. The van der Waals surface area contributed by atoms with Gasteiger partial charge in [0.1, 0.15) is 5.78 Å². The zero-order chi connectivity index (χ0) is 34.5. The van der Waals surface area contributed by atoms with Gasteiger partial charge in [-0.15, -0.1) is 0 Å². The molecule has 0 fully saturated rings. The normalized spacial score (nSPS) is 12.6. The van der Waals surface area contributed by atoms with Crippen LogP contribution in [0.15, 0.2) is 0 Å². The van der Waals surface area contributed by atoms with E-state index in [1.165, 1.54) is 6.92 Å². The van der Waals surface area contributed by atoms with Crippen molar-refractivity contribution in [3.05, 3.63) is 4.91 Å². The van der Waals surface area contributed by atoms with Gasteiger partial charge in [0, 0.05) is 85.4 Å². The molecule has 0 aromatic carbocycles. The van der Waals surface area contributed by atoms with Crippen LogP contribution in [0.4, 0.5) is 0 Å². The minimum Gasteiger partial charge on any atom is -0.369 e. The van der Waals surface area contributed by atoms with Crippen LogP contribution in [0.25, 0.3) is 0 Å². The van der Waals surface area contributed by atoms with E-state index in [1.807, 2.05) is 0 Å². The van der Waals surface area contributed by atoms with Gasteiger partial charge in [-0.3, -0.25) is 44.4 Å². The zero-order valence-corrected chi connectivity index (χ0v) is 28.2. The molecule has 0 rings (SSSR count). The van der Waals surface area contributed by atoms with Crippen LogP contribution in [-0.2, 0) is 45.8 Å². The van der Waals surface area contributed by atoms with Crippen molar-refractivity contribution in [1.82, 2.24) is 31.1 Å². The Hall–Kier alpha value is -3.06. The summed E-state index contributed by atoms with van der Waals surface area (Å²) in [6.07, 6.45) is 1.23. The molecule has 0 aliphatic carbocycles. The van der Waals surface area contributed by atoms with Gasteiger partial charge < -0.3 is 21.7 Å². The molecule has 0 bridgehead atoms. The van der Waals surface area contributed by atoms with Gasteiger partial charge in [0.25, 0.3) is 11.9 Å². The fourth-order valence-electron chi connectivity index (χ4n) is 4.08. The van der Waals surface area contributed by atoms with Crippen molar-refractivity contribution in [2.75, 3.05) is 52.4 Å². The summed E-state index contributed by atoms with van der Waals surface area (Å²) in [5.74, 6) is -3.76. The summed E-state index contributed by atoms with van der Waals surface area (Å²) in [6.45, 7) is 5.23. The Labute approximate surface area is 279 Å². The predicted octanol–water partition coefficient (Wildman–Crippen LogP) is -1.46. The van der Waals surface area contributed by atoms with Crippen molar-refractivity contribution in [1.29, 1.82) is 0 Å². The van der Waals surface area contributed by atoms with Gasteiger partial charge in [-0.05, 0) is 32.2 Å². The molecule has 0 radical (unpaired) electrons. The number of rotatable bonds is 25. The van der Waals surface area contributed by atoms with E-state index in [0.29, 0.717) is 45.8 Å². The van der Waals surface area contributed by atoms with Gasteiger partial charge in [-0.2, -0.15) is 0 Å². The van der Waals surface area contributed by atoms with Crippen LogP contribution in [0, 0.1) is 10.8 Å². The van der Waals surface area contributed by atoms with Crippen LogP contribution in [0.5, 0.6) is 0 Å². The second-order valence-electron chi connectivity index (χ2n) is 10.7. The molecule has 18 nitrogen and oxygen atoms in total. The first kappa shape index (κ1) is 45.1. The topological polar surface area (TPSA) is 255 Å². The Morgan fingerprint density at radius 3 is 1.80 bits per heavy atom.